The van der Waals surface area contributed by atoms with Crippen molar-refractivity contribution in [3.05, 3.63) is 59.7 Å². The number of amides is 1. The van der Waals surface area contributed by atoms with Gasteiger partial charge in [0.05, 0.1) is 11.3 Å². The third kappa shape index (κ3) is 4.76. The summed E-state index contributed by atoms with van der Waals surface area (Å²) in [6.45, 7) is 3.48. The monoisotopic (exact) mass is 344 g/mol. The molecule has 1 amide bonds. The highest BCUT2D eigenvalue weighted by molar-refractivity contribution is 7.81. The largest absolute Gasteiger partial charge is 0.478 e. The van der Waals surface area contributed by atoms with Crippen molar-refractivity contribution in [1.29, 1.82) is 0 Å². The fourth-order valence-corrected chi connectivity index (χ4v) is 2.42. The fraction of sp³-hybridized carbons (Fsp3) is 0.222. The van der Waals surface area contributed by atoms with E-state index < -0.39 is 5.97 Å². The number of anilines is 2. The van der Waals surface area contributed by atoms with E-state index in [1.54, 1.807) is 12.1 Å². The second kappa shape index (κ2) is 8.40. The van der Waals surface area contributed by atoms with Gasteiger partial charge in [-0.3, -0.25) is 4.79 Å². The predicted octanol–water partition coefficient (Wildman–Crippen LogP) is 3.28. The molecule has 0 radical (unpaired) electrons. The lowest BCUT2D eigenvalue weighted by Gasteiger charge is -2.24. The Morgan fingerprint density at radius 1 is 1.17 bits per heavy atom. The molecule has 24 heavy (non-hydrogen) atoms. The molecular weight excluding hydrogens is 324 g/mol. The summed E-state index contributed by atoms with van der Waals surface area (Å²) < 4.78 is 0. The van der Waals surface area contributed by atoms with Gasteiger partial charge >= 0.3 is 5.97 Å². The molecule has 2 aromatic rings. The average Bonchev–Trinajstić information content (AvgIpc) is 2.60. The first-order valence-electron chi connectivity index (χ1n) is 7.61. The molecule has 0 aliphatic heterocycles. The summed E-state index contributed by atoms with van der Waals surface area (Å²) in [7, 11) is 0. The molecule has 0 bridgehead atoms. The van der Waals surface area contributed by atoms with Crippen molar-refractivity contribution in [2.45, 2.75) is 13.5 Å². The Labute approximate surface area is 146 Å². The molecule has 0 atom stereocenters. The molecule has 0 saturated carbocycles. The number of carboxylic acid groups (broad SMARTS) is 1. The van der Waals surface area contributed by atoms with Gasteiger partial charge in [0.1, 0.15) is 0 Å². The van der Waals surface area contributed by atoms with Crippen LogP contribution in [0.4, 0.5) is 11.4 Å². The molecule has 2 N–H and O–H groups in total. The zero-order chi connectivity index (χ0) is 17.5. The zero-order valence-corrected chi connectivity index (χ0v) is 14.3. The zero-order valence-electron chi connectivity index (χ0n) is 13.4. The topological polar surface area (TPSA) is 69.6 Å². The van der Waals surface area contributed by atoms with Crippen LogP contribution in [-0.2, 0) is 11.3 Å². The van der Waals surface area contributed by atoms with Gasteiger partial charge in [0, 0.05) is 24.5 Å². The summed E-state index contributed by atoms with van der Waals surface area (Å²) in [6.07, 6.45) is 0. The number of hydrogen-bond acceptors (Lipinski definition) is 4. The van der Waals surface area contributed by atoms with Gasteiger partial charge in [-0.2, -0.15) is 12.6 Å². The number of thiol groups is 1. The van der Waals surface area contributed by atoms with E-state index in [9.17, 15) is 9.59 Å². The number of nitrogens with one attached hydrogen (secondary N) is 1. The smallest absolute Gasteiger partial charge is 0.335 e. The van der Waals surface area contributed by atoms with Crippen molar-refractivity contribution in [2.75, 3.05) is 22.5 Å². The highest BCUT2D eigenvalue weighted by atomic mass is 32.1. The van der Waals surface area contributed by atoms with Crippen LogP contribution in [0.3, 0.4) is 0 Å². The van der Waals surface area contributed by atoms with E-state index in [0.717, 1.165) is 23.5 Å². The average molecular weight is 344 g/mol. The van der Waals surface area contributed by atoms with Gasteiger partial charge in [-0.25, -0.2) is 4.79 Å². The van der Waals surface area contributed by atoms with E-state index in [0.29, 0.717) is 6.54 Å². The summed E-state index contributed by atoms with van der Waals surface area (Å²) in [5, 5.41) is 11.7. The number of aromatic carboxylic acids is 1. The second-order valence-corrected chi connectivity index (χ2v) is 5.59. The van der Waals surface area contributed by atoms with E-state index in [-0.39, 0.29) is 17.2 Å². The minimum Gasteiger partial charge on any atom is -0.478 e. The van der Waals surface area contributed by atoms with Crippen molar-refractivity contribution in [3.63, 3.8) is 0 Å². The minimum atomic E-state index is -0.929. The molecule has 0 aliphatic carbocycles. The highest BCUT2D eigenvalue weighted by Gasteiger charge is 2.08. The lowest BCUT2D eigenvalue weighted by Crippen LogP contribution is -2.22. The number of benzene rings is 2. The standard InChI is InChI=1S/C18H20N2O3S/c1-2-20(11-13-6-8-14(9-7-13)18(22)23)16-5-3-4-15(10-16)19-17(21)12-24/h3-10,24H,2,11-12H2,1H3,(H,19,21)(H,22,23). The van der Waals surface area contributed by atoms with Crippen molar-refractivity contribution < 1.29 is 14.7 Å². The van der Waals surface area contributed by atoms with E-state index in [2.05, 4.69) is 22.8 Å². The first-order chi connectivity index (χ1) is 11.5. The summed E-state index contributed by atoms with van der Waals surface area (Å²) in [6, 6.07) is 14.5. The maximum absolute atomic E-state index is 11.5. The first kappa shape index (κ1) is 17.9. The predicted molar refractivity (Wildman–Crippen MR) is 99.1 cm³/mol. The molecule has 0 unspecified atom stereocenters. The van der Waals surface area contributed by atoms with Crippen molar-refractivity contribution in [3.8, 4) is 0 Å². The number of carbonyl (C=O) groups excluding carboxylic acids is 1. The van der Waals surface area contributed by atoms with Crippen LogP contribution in [-0.4, -0.2) is 29.3 Å². The van der Waals surface area contributed by atoms with Crippen molar-refractivity contribution >= 4 is 35.9 Å². The maximum atomic E-state index is 11.5. The summed E-state index contributed by atoms with van der Waals surface area (Å²) >= 11 is 3.96. The van der Waals surface area contributed by atoms with E-state index in [4.69, 9.17) is 5.11 Å². The van der Waals surface area contributed by atoms with Crippen LogP contribution in [0, 0.1) is 0 Å². The molecule has 126 valence electrons. The molecule has 0 saturated heterocycles. The minimum absolute atomic E-state index is 0.137. The third-order valence-electron chi connectivity index (χ3n) is 3.59. The number of carboxylic acids is 1. The van der Waals surface area contributed by atoms with E-state index in [1.165, 1.54) is 0 Å². The Bertz CT molecular complexity index is 716. The van der Waals surface area contributed by atoms with Crippen LogP contribution in [0.1, 0.15) is 22.8 Å². The summed E-state index contributed by atoms with van der Waals surface area (Å²) in [4.78, 5) is 24.5. The second-order valence-electron chi connectivity index (χ2n) is 5.27. The Morgan fingerprint density at radius 3 is 2.46 bits per heavy atom. The summed E-state index contributed by atoms with van der Waals surface area (Å²) in [5.74, 6) is -0.943. The van der Waals surface area contributed by atoms with Gasteiger partial charge in [0.2, 0.25) is 5.91 Å². The van der Waals surface area contributed by atoms with Gasteiger partial charge in [0.15, 0.2) is 0 Å². The normalized spacial score (nSPS) is 10.2. The quantitative estimate of drug-likeness (QED) is 0.674. The lowest BCUT2D eigenvalue weighted by atomic mass is 10.1. The molecule has 0 aromatic heterocycles. The SMILES string of the molecule is CCN(Cc1ccc(C(=O)O)cc1)c1cccc(NC(=O)CS)c1. The van der Waals surface area contributed by atoms with Gasteiger partial charge in [-0.05, 0) is 42.8 Å². The number of carbonyl (C=O) groups is 2. The maximum Gasteiger partial charge on any atom is 0.335 e. The van der Waals surface area contributed by atoms with Crippen LogP contribution < -0.4 is 10.2 Å². The van der Waals surface area contributed by atoms with Gasteiger partial charge in [-0.15, -0.1) is 0 Å². The molecule has 2 aromatic carbocycles. The fourth-order valence-electron chi connectivity index (χ4n) is 2.34. The molecule has 2 rings (SSSR count). The van der Waals surface area contributed by atoms with E-state index >= 15 is 0 Å². The number of rotatable bonds is 7. The summed E-state index contributed by atoms with van der Waals surface area (Å²) in [5.41, 5.74) is 3.01. The van der Waals surface area contributed by atoms with Crippen LogP contribution in [0.25, 0.3) is 0 Å². The Kier molecular flexibility index (Phi) is 6.26. The Morgan fingerprint density at radius 2 is 1.88 bits per heavy atom. The Hall–Kier alpha value is -2.47. The molecular formula is C18H20N2O3S. The van der Waals surface area contributed by atoms with Gasteiger partial charge < -0.3 is 15.3 Å². The number of nitrogens with zero attached hydrogens (tertiary/aromatic N) is 1. The molecule has 0 heterocycles. The molecule has 6 heteroatoms. The molecule has 0 spiro atoms. The molecule has 0 aliphatic rings. The molecule has 0 fully saturated rings. The van der Waals surface area contributed by atoms with Crippen LogP contribution in [0.5, 0.6) is 0 Å². The van der Waals surface area contributed by atoms with Crippen LogP contribution >= 0.6 is 12.6 Å². The van der Waals surface area contributed by atoms with Crippen molar-refractivity contribution in [1.82, 2.24) is 0 Å². The van der Waals surface area contributed by atoms with Crippen LogP contribution in [0.2, 0.25) is 0 Å². The van der Waals surface area contributed by atoms with Crippen molar-refractivity contribution in [2.24, 2.45) is 0 Å². The third-order valence-corrected chi connectivity index (χ3v) is 3.88. The first-order valence-corrected chi connectivity index (χ1v) is 8.24. The van der Waals surface area contributed by atoms with Gasteiger partial charge in [0.25, 0.3) is 0 Å². The molecule has 5 nitrogen and oxygen atoms in total. The highest BCUT2D eigenvalue weighted by Crippen LogP contribution is 2.21. The number of hydrogen-bond donors (Lipinski definition) is 3. The van der Waals surface area contributed by atoms with E-state index in [1.807, 2.05) is 43.3 Å². The van der Waals surface area contributed by atoms with Crippen LogP contribution in [0.15, 0.2) is 48.5 Å². The Balaban J connectivity index is 2.14. The lowest BCUT2D eigenvalue weighted by molar-refractivity contribution is -0.113. The van der Waals surface area contributed by atoms with Gasteiger partial charge in [-0.1, -0.05) is 18.2 Å².